The maximum atomic E-state index is 13.8. The minimum Gasteiger partial charge on any atom is -0.492 e. The summed E-state index contributed by atoms with van der Waals surface area (Å²) in [5, 5.41) is 2.97. The van der Waals surface area contributed by atoms with Crippen molar-refractivity contribution in [3.8, 4) is 28.7 Å². The number of hydrogen-bond donors (Lipinski definition) is 1. The van der Waals surface area contributed by atoms with Crippen LogP contribution in [0.5, 0.6) is 28.7 Å². The molecule has 14 heteroatoms. The molecule has 0 bridgehead atoms. The Morgan fingerprint density at radius 3 is 2.50 bits per heavy atom. The van der Waals surface area contributed by atoms with E-state index >= 15 is 0 Å². The van der Waals surface area contributed by atoms with E-state index in [1.165, 1.54) is 49.7 Å². The van der Waals surface area contributed by atoms with Gasteiger partial charge >= 0.3 is 18.9 Å². The molecule has 3 aliphatic heterocycles. The SMILES string of the molecule is COC(=O)c1ccc([C@H]2C[C@@H](NC(=O)[C@@]3(C)COc4cc5c(cc43)OC(F)(F)O5)c3ccc(OC(F)F)cc3O2)nc1. The molecule has 42 heavy (non-hydrogen) atoms. The highest BCUT2D eigenvalue weighted by molar-refractivity contribution is 5.91. The number of rotatable bonds is 6. The topological polar surface area (TPSA) is 114 Å². The van der Waals surface area contributed by atoms with E-state index in [2.05, 4.69) is 24.5 Å². The summed E-state index contributed by atoms with van der Waals surface area (Å²) in [5.41, 5.74) is 0.118. The highest BCUT2D eigenvalue weighted by Crippen LogP contribution is 2.50. The van der Waals surface area contributed by atoms with Gasteiger partial charge in [-0.05, 0) is 37.3 Å². The third-order valence-electron chi connectivity index (χ3n) is 7.26. The van der Waals surface area contributed by atoms with E-state index in [0.29, 0.717) is 16.8 Å². The van der Waals surface area contributed by atoms with Gasteiger partial charge in [0.2, 0.25) is 5.91 Å². The molecule has 1 N–H and O–H groups in total. The third-order valence-corrected chi connectivity index (χ3v) is 7.26. The normalized spacial score (nSPS) is 22.8. The molecule has 6 rings (SSSR count). The van der Waals surface area contributed by atoms with E-state index < -0.39 is 42.3 Å². The number of ether oxygens (including phenoxy) is 6. The van der Waals surface area contributed by atoms with Crippen LogP contribution in [0.3, 0.4) is 0 Å². The quantitative estimate of drug-likeness (QED) is 0.319. The number of pyridine rings is 1. The van der Waals surface area contributed by atoms with Gasteiger partial charge in [-0.25, -0.2) is 4.79 Å². The van der Waals surface area contributed by atoms with Gasteiger partial charge in [0.25, 0.3) is 0 Å². The number of methoxy groups -OCH3 is 1. The predicted octanol–water partition coefficient (Wildman–Crippen LogP) is 4.82. The van der Waals surface area contributed by atoms with Crippen molar-refractivity contribution in [3.63, 3.8) is 0 Å². The Balaban J connectivity index is 1.30. The minimum absolute atomic E-state index is 0.0926. The van der Waals surface area contributed by atoms with Crippen molar-refractivity contribution in [2.24, 2.45) is 0 Å². The number of aromatic nitrogens is 1. The molecule has 3 aromatic rings. The van der Waals surface area contributed by atoms with Crippen LogP contribution in [0.2, 0.25) is 0 Å². The smallest absolute Gasteiger partial charge is 0.492 e. The number of nitrogens with one attached hydrogen (secondary N) is 1. The maximum Gasteiger partial charge on any atom is 0.586 e. The first-order valence-corrected chi connectivity index (χ1v) is 12.6. The Morgan fingerprint density at radius 2 is 1.81 bits per heavy atom. The number of benzene rings is 2. The first-order chi connectivity index (χ1) is 20.0. The van der Waals surface area contributed by atoms with Gasteiger partial charge in [0, 0.05) is 35.9 Å². The van der Waals surface area contributed by atoms with Gasteiger partial charge in [0.15, 0.2) is 11.5 Å². The van der Waals surface area contributed by atoms with Gasteiger partial charge < -0.3 is 33.7 Å². The van der Waals surface area contributed by atoms with Gasteiger partial charge in [-0.3, -0.25) is 9.78 Å². The summed E-state index contributed by atoms with van der Waals surface area (Å²) in [5.74, 6) is -1.30. The summed E-state index contributed by atoms with van der Waals surface area (Å²) in [6.45, 7) is -1.56. The van der Waals surface area contributed by atoms with Crippen LogP contribution < -0.4 is 29.0 Å². The summed E-state index contributed by atoms with van der Waals surface area (Å²) < 4.78 is 83.0. The Morgan fingerprint density at radius 1 is 1.05 bits per heavy atom. The molecular weight excluding hydrogens is 568 g/mol. The largest absolute Gasteiger partial charge is 0.586 e. The summed E-state index contributed by atoms with van der Waals surface area (Å²) >= 11 is 0. The third kappa shape index (κ3) is 4.86. The van der Waals surface area contributed by atoms with E-state index in [0.717, 1.165) is 0 Å². The number of carbonyl (C=O) groups is 2. The molecule has 1 amide bonds. The van der Waals surface area contributed by atoms with Crippen molar-refractivity contribution in [1.29, 1.82) is 0 Å². The van der Waals surface area contributed by atoms with E-state index in [-0.39, 0.29) is 47.3 Å². The van der Waals surface area contributed by atoms with E-state index in [1.54, 1.807) is 13.0 Å². The van der Waals surface area contributed by atoms with E-state index in [1.807, 2.05) is 0 Å². The predicted molar refractivity (Wildman–Crippen MR) is 133 cm³/mol. The molecular formula is C28H22F4N2O8. The van der Waals surface area contributed by atoms with Crippen LogP contribution in [-0.4, -0.2) is 43.5 Å². The van der Waals surface area contributed by atoms with Gasteiger partial charge in [0.05, 0.1) is 24.4 Å². The van der Waals surface area contributed by atoms with Crippen molar-refractivity contribution in [1.82, 2.24) is 10.3 Å². The first-order valence-electron chi connectivity index (χ1n) is 12.6. The minimum atomic E-state index is -3.84. The molecule has 0 saturated heterocycles. The molecule has 0 unspecified atom stereocenters. The molecule has 3 aliphatic rings. The molecule has 1 aromatic heterocycles. The fourth-order valence-corrected chi connectivity index (χ4v) is 5.11. The number of nitrogens with zero attached hydrogens (tertiary/aromatic N) is 1. The number of halogens is 4. The van der Waals surface area contributed by atoms with Crippen LogP contribution in [-0.2, 0) is 14.9 Å². The summed E-state index contributed by atoms with van der Waals surface area (Å²) in [6.07, 6.45) is -3.11. The lowest BCUT2D eigenvalue weighted by molar-refractivity contribution is -0.286. The van der Waals surface area contributed by atoms with Crippen molar-refractivity contribution in [2.75, 3.05) is 13.7 Å². The molecule has 4 heterocycles. The van der Waals surface area contributed by atoms with Gasteiger partial charge in [-0.2, -0.15) is 8.78 Å². The van der Waals surface area contributed by atoms with Crippen molar-refractivity contribution < 1.29 is 55.6 Å². The molecule has 3 atom stereocenters. The number of hydrogen-bond acceptors (Lipinski definition) is 9. The monoisotopic (exact) mass is 590 g/mol. The molecule has 0 aliphatic carbocycles. The molecule has 0 fully saturated rings. The van der Waals surface area contributed by atoms with Gasteiger partial charge in [-0.15, -0.1) is 8.78 Å². The van der Waals surface area contributed by atoms with Crippen LogP contribution >= 0.6 is 0 Å². The number of fused-ring (bicyclic) bond motifs is 3. The highest BCUT2D eigenvalue weighted by Gasteiger charge is 2.49. The fraction of sp³-hybridized carbons (Fsp3) is 0.321. The average Bonchev–Trinajstić information content (AvgIpc) is 3.45. The number of esters is 1. The number of alkyl halides is 4. The zero-order chi connectivity index (χ0) is 29.8. The highest BCUT2D eigenvalue weighted by atomic mass is 19.3. The second-order valence-corrected chi connectivity index (χ2v) is 9.99. The Labute approximate surface area is 235 Å². The van der Waals surface area contributed by atoms with Crippen LogP contribution in [0.4, 0.5) is 17.6 Å². The van der Waals surface area contributed by atoms with Crippen molar-refractivity contribution in [3.05, 3.63) is 71.0 Å². The summed E-state index contributed by atoms with van der Waals surface area (Å²) in [7, 11) is 1.24. The number of carbonyl (C=O) groups excluding carboxylic acids is 2. The first kappa shape index (κ1) is 27.4. The molecule has 0 spiro atoms. The van der Waals surface area contributed by atoms with Crippen LogP contribution in [0.25, 0.3) is 0 Å². The van der Waals surface area contributed by atoms with Gasteiger partial charge in [-0.1, -0.05) is 0 Å². The average molecular weight is 590 g/mol. The van der Waals surface area contributed by atoms with Crippen LogP contribution in [0.1, 0.15) is 52.7 Å². The zero-order valence-corrected chi connectivity index (χ0v) is 22.0. The van der Waals surface area contributed by atoms with E-state index in [4.69, 9.17) is 14.2 Å². The Hall–Kier alpha value is -4.75. The van der Waals surface area contributed by atoms with Crippen molar-refractivity contribution >= 4 is 11.9 Å². The van der Waals surface area contributed by atoms with Crippen LogP contribution in [0.15, 0.2) is 48.7 Å². The van der Waals surface area contributed by atoms with Crippen molar-refractivity contribution in [2.45, 2.75) is 43.8 Å². The molecule has 220 valence electrons. The second-order valence-electron chi connectivity index (χ2n) is 9.99. The lowest BCUT2D eigenvalue weighted by Crippen LogP contribution is -2.46. The standard InChI is InChI=1S/C28H22F4N2O8/c1-27(12-38-20-10-23-22(8-16(20)27)41-28(31,32)42-23)25(36)34-18-9-21(17-6-3-13(11-33-17)24(35)37-2)40-19-7-14(39-26(29)30)4-5-15(18)19/h3-8,10-11,18,21,26H,9,12H2,1-2H3,(H,34,36)/t18-,21-,27+/m1/s1. The maximum absolute atomic E-state index is 13.8. The number of amides is 1. The van der Waals surface area contributed by atoms with E-state index in [9.17, 15) is 27.2 Å². The lowest BCUT2D eigenvalue weighted by Gasteiger charge is -2.34. The Kier molecular flexibility index (Phi) is 6.50. The summed E-state index contributed by atoms with van der Waals surface area (Å²) in [4.78, 5) is 29.9. The Bertz CT molecular complexity index is 1570. The molecule has 10 nitrogen and oxygen atoms in total. The summed E-state index contributed by atoms with van der Waals surface area (Å²) in [6, 6.07) is 9.01. The zero-order valence-electron chi connectivity index (χ0n) is 22.0. The second kappa shape index (κ2) is 9.96. The molecule has 0 saturated carbocycles. The molecule has 2 aromatic carbocycles. The fourth-order valence-electron chi connectivity index (χ4n) is 5.11. The molecule has 0 radical (unpaired) electrons. The van der Waals surface area contributed by atoms with Crippen LogP contribution in [0, 0.1) is 0 Å². The van der Waals surface area contributed by atoms with Gasteiger partial charge in [0.1, 0.15) is 35.4 Å². The lowest BCUT2D eigenvalue weighted by atomic mass is 9.82.